The number of benzene rings is 3. The van der Waals surface area contributed by atoms with Crippen molar-refractivity contribution in [2.24, 2.45) is 0 Å². The molecule has 0 fully saturated rings. The van der Waals surface area contributed by atoms with E-state index in [1.54, 1.807) is 31.4 Å². The number of halogens is 2. The van der Waals surface area contributed by atoms with E-state index in [-0.39, 0.29) is 18.1 Å². The molecule has 178 valence electrons. The number of ether oxygens (including phenoxy) is 3. The van der Waals surface area contributed by atoms with Gasteiger partial charge in [-0.2, -0.15) is 0 Å². The number of Topliss-reactive ketones (excluding diaryl/α,β-unsaturated/α-hetero) is 1. The minimum atomic E-state index is -0.148. The van der Waals surface area contributed by atoms with E-state index in [2.05, 4.69) is 11.5 Å². The predicted octanol–water partition coefficient (Wildman–Crippen LogP) is 7.48. The van der Waals surface area contributed by atoms with Crippen LogP contribution < -0.4 is 14.2 Å². The van der Waals surface area contributed by atoms with Crippen molar-refractivity contribution in [2.75, 3.05) is 7.11 Å². The van der Waals surface area contributed by atoms with Gasteiger partial charge in [-0.15, -0.1) is 0 Å². The van der Waals surface area contributed by atoms with Gasteiger partial charge in [0.15, 0.2) is 5.76 Å². The lowest BCUT2D eigenvalue weighted by molar-refractivity contribution is 0.101. The summed E-state index contributed by atoms with van der Waals surface area (Å²) >= 11 is 12.2. The summed E-state index contributed by atoms with van der Waals surface area (Å²) < 4.78 is 19.5. The van der Waals surface area contributed by atoms with Gasteiger partial charge in [-0.25, -0.2) is 0 Å². The van der Waals surface area contributed by atoms with Crippen molar-refractivity contribution in [3.8, 4) is 17.2 Å². The smallest absolute Gasteiger partial charge is 0.232 e. The number of rotatable bonds is 6. The monoisotopic (exact) mass is 507 g/mol. The topological polar surface area (TPSA) is 49.7 Å². The average Bonchev–Trinajstić information content (AvgIpc) is 3.35. The number of carbonyl (C=O) groups excluding carboxylic acids is 1. The van der Waals surface area contributed by atoms with Gasteiger partial charge in [-0.3, -0.25) is 4.79 Å². The van der Waals surface area contributed by atoms with E-state index in [9.17, 15) is 4.79 Å². The molecule has 2 heterocycles. The number of methoxy groups -OCH3 is 1. The van der Waals surface area contributed by atoms with Crippen LogP contribution in [0.5, 0.6) is 17.2 Å². The zero-order valence-electron chi connectivity index (χ0n) is 19.5. The van der Waals surface area contributed by atoms with Crippen LogP contribution in [0.15, 0.2) is 60.5 Å². The van der Waals surface area contributed by atoms with Gasteiger partial charge in [0.25, 0.3) is 0 Å². The van der Waals surface area contributed by atoms with Crippen LogP contribution >= 0.6 is 23.2 Å². The molecule has 0 unspecified atom stereocenters. The molecule has 5 rings (SSSR count). The summed E-state index contributed by atoms with van der Waals surface area (Å²) in [4.78, 5) is 13.2. The van der Waals surface area contributed by atoms with Crippen molar-refractivity contribution < 1.29 is 19.0 Å². The molecule has 0 spiro atoms. The van der Waals surface area contributed by atoms with Gasteiger partial charge in [-0.05, 0) is 61.9 Å². The van der Waals surface area contributed by atoms with Gasteiger partial charge in [-0.1, -0.05) is 29.3 Å². The molecular formula is C28H23Cl2NO4. The summed E-state index contributed by atoms with van der Waals surface area (Å²) in [6.45, 7) is 5.02. The van der Waals surface area contributed by atoms with Crippen molar-refractivity contribution in [3.05, 3.63) is 92.8 Å². The number of nitrogens with zero attached hydrogens (tertiary/aromatic N) is 1. The van der Waals surface area contributed by atoms with Crippen LogP contribution in [0.25, 0.3) is 17.0 Å². The van der Waals surface area contributed by atoms with Crippen molar-refractivity contribution in [2.45, 2.75) is 27.0 Å². The van der Waals surface area contributed by atoms with Crippen LogP contribution in [-0.2, 0) is 13.2 Å². The zero-order chi connectivity index (χ0) is 24.7. The Morgan fingerprint density at radius 3 is 2.63 bits per heavy atom. The second-order valence-corrected chi connectivity index (χ2v) is 9.17. The minimum absolute atomic E-state index is 0.148. The standard InChI is InChI=1S/C28H23Cl2NO4/c1-4-31-14-18(22-12-20(33-3)7-8-24(22)31)10-26-28(32)27-16(2)9-21(13-25(27)35-26)34-15-17-5-6-19(29)11-23(17)30/h5-14H,4,15H2,1-3H3/b26-10-. The summed E-state index contributed by atoms with van der Waals surface area (Å²) in [6, 6.07) is 14.8. The van der Waals surface area contributed by atoms with E-state index in [4.69, 9.17) is 37.4 Å². The molecule has 5 nitrogen and oxygen atoms in total. The van der Waals surface area contributed by atoms with Crippen LogP contribution in [0.3, 0.4) is 0 Å². The highest BCUT2D eigenvalue weighted by Gasteiger charge is 2.30. The van der Waals surface area contributed by atoms with Crippen LogP contribution in [0, 0.1) is 6.92 Å². The van der Waals surface area contributed by atoms with Gasteiger partial charge in [0.1, 0.15) is 23.9 Å². The quantitative estimate of drug-likeness (QED) is 0.254. The third-order valence-electron chi connectivity index (χ3n) is 6.10. The van der Waals surface area contributed by atoms with Gasteiger partial charge >= 0.3 is 0 Å². The van der Waals surface area contributed by atoms with Gasteiger partial charge in [0.05, 0.1) is 12.7 Å². The van der Waals surface area contributed by atoms with Crippen LogP contribution in [0.4, 0.5) is 0 Å². The van der Waals surface area contributed by atoms with Gasteiger partial charge in [0, 0.05) is 50.9 Å². The van der Waals surface area contributed by atoms with Crippen LogP contribution in [-0.4, -0.2) is 17.5 Å². The molecule has 0 saturated carbocycles. The van der Waals surface area contributed by atoms with E-state index >= 15 is 0 Å². The Morgan fingerprint density at radius 2 is 1.89 bits per heavy atom. The number of aryl methyl sites for hydroxylation is 2. The first-order valence-corrected chi connectivity index (χ1v) is 12.0. The van der Waals surface area contributed by atoms with E-state index in [1.165, 1.54) is 0 Å². The number of allylic oxidation sites excluding steroid dienone is 1. The zero-order valence-corrected chi connectivity index (χ0v) is 21.0. The number of carbonyl (C=O) groups is 1. The number of hydrogen-bond acceptors (Lipinski definition) is 4. The fourth-order valence-corrected chi connectivity index (χ4v) is 4.77. The van der Waals surface area contributed by atoms with E-state index in [0.29, 0.717) is 27.1 Å². The number of ketones is 1. The molecule has 7 heteroatoms. The van der Waals surface area contributed by atoms with Crippen LogP contribution in [0.1, 0.15) is 34.0 Å². The van der Waals surface area contributed by atoms with Crippen molar-refractivity contribution >= 4 is 46.0 Å². The van der Waals surface area contributed by atoms with Crippen molar-refractivity contribution in [1.29, 1.82) is 0 Å². The fraction of sp³-hybridized carbons (Fsp3) is 0.179. The molecule has 0 N–H and O–H groups in total. The Bertz CT molecular complexity index is 1500. The Labute approximate surface area is 213 Å². The number of hydrogen-bond donors (Lipinski definition) is 0. The summed E-state index contributed by atoms with van der Waals surface area (Å²) in [5.74, 6) is 1.96. The molecule has 0 saturated heterocycles. The lowest BCUT2D eigenvalue weighted by atomic mass is 10.0. The average molecular weight is 508 g/mol. The largest absolute Gasteiger partial charge is 0.497 e. The SMILES string of the molecule is CCn1cc(/C=C2\Oc3cc(OCc4ccc(Cl)cc4Cl)cc(C)c3C2=O)c2cc(OC)ccc21. The first-order chi connectivity index (χ1) is 16.9. The molecule has 1 aliphatic rings. The summed E-state index contributed by atoms with van der Waals surface area (Å²) in [7, 11) is 1.64. The lowest BCUT2D eigenvalue weighted by Gasteiger charge is -2.10. The molecule has 35 heavy (non-hydrogen) atoms. The molecule has 0 aliphatic carbocycles. The molecule has 0 amide bonds. The van der Waals surface area contributed by atoms with E-state index < -0.39 is 0 Å². The molecule has 0 bridgehead atoms. The van der Waals surface area contributed by atoms with E-state index in [1.807, 2.05) is 43.5 Å². The number of fused-ring (bicyclic) bond motifs is 2. The number of aromatic nitrogens is 1. The third kappa shape index (κ3) is 4.38. The first-order valence-electron chi connectivity index (χ1n) is 11.2. The maximum absolute atomic E-state index is 13.2. The molecule has 4 aromatic rings. The highest BCUT2D eigenvalue weighted by atomic mass is 35.5. The predicted molar refractivity (Wildman–Crippen MR) is 139 cm³/mol. The summed E-state index contributed by atoms with van der Waals surface area (Å²) in [6.07, 6.45) is 3.82. The Kier molecular flexibility index (Phi) is 6.22. The highest BCUT2D eigenvalue weighted by Crippen LogP contribution is 2.39. The van der Waals surface area contributed by atoms with E-state index in [0.717, 1.165) is 39.9 Å². The molecular weight excluding hydrogens is 485 g/mol. The summed E-state index contributed by atoms with van der Waals surface area (Å²) in [5.41, 5.74) is 4.10. The lowest BCUT2D eigenvalue weighted by Crippen LogP contribution is -2.00. The maximum atomic E-state index is 13.2. The van der Waals surface area contributed by atoms with Crippen molar-refractivity contribution in [3.63, 3.8) is 0 Å². The summed E-state index contributed by atoms with van der Waals surface area (Å²) in [5, 5.41) is 2.10. The molecule has 1 aromatic heterocycles. The molecule has 1 aliphatic heterocycles. The fourth-order valence-electron chi connectivity index (χ4n) is 4.31. The second-order valence-electron chi connectivity index (χ2n) is 8.33. The second kappa shape index (κ2) is 9.33. The van der Waals surface area contributed by atoms with Crippen LogP contribution in [0.2, 0.25) is 10.0 Å². The van der Waals surface area contributed by atoms with Crippen molar-refractivity contribution in [1.82, 2.24) is 4.57 Å². The Hall–Kier alpha value is -3.41. The maximum Gasteiger partial charge on any atom is 0.232 e. The van der Waals surface area contributed by atoms with Gasteiger partial charge in [0.2, 0.25) is 5.78 Å². The molecule has 0 atom stereocenters. The third-order valence-corrected chi connectivity index (χ3v) is 6.69. The molecule has 0 radical (unpaired) electrons. The first kappa shape index (κ1) is 23.3. The van der Waals surface area contributed by atoms with Gasteiger partial charge < -0.3 is 18.8 Å². The highest BCUT2D eigenvalue weighted by molar-refractivity contribution is 6.35. The Morgan fingerprint density at radius 1 is 1.06 bits per heavy atom. The normalized spacial score (nSPS) is 13.9. The minimum Gasteiger partial charge on any atom is -0.497 e. The molecule has 3 aromatic carbocycles. The Balaban J connectivity index is 1.45.